The zero-order valence-corrected chi connectivity index (χ0v) is 9.58. The molecule has 0 aromatic heterocycles. The van der Waals surface area contributed by atoms with Crippen LogP contribution in [0.25, 0.3) is 0 Å². The van der Waals surface area contributed by atoms with Gasteiger partial charge in [0.15, 0.2) is 0 Å². The van der Waals surface area contributed by atoms with Gasteiger partial charge >= 0.3 is 0 Å². The molecule has 3 heteroatoms. The van der Waals surface area contributed by atoms with Gasteiger partial charge in [0.2, 0.25) is 0 Å². The van der Waals surface area contributed by atoms with Crippen molar-refractivity contribution in [1.82, 2.24) is 0 Å². The first kappa shape index (κ1) is 11.6. The minimum Gasteiger partial charge on any atom is -0.373 e. The number of rotatable bonds is 2. The van der Waals surface area contributed by atoms with Crippen LogP contribution in [0.3, 0.4) is 0 Å². The fourth-order valence-corrected chi connectivity index (χ4v) is 2.31. The van der Waals surface area contributed by atoms with Gasteiger partial charge in [-0.15, -0.1) is 0 Å². The maximum atomic E-state index is 13.7. The fraction of sp³-hybridized carbons (Fsp3) is 0.538. The highest BCUT2D eigenvalue weighted by atomic mass is 19.1. The highest BCUT2D eigenvalue weighted by molar-refractivity contribution is 5.26. The summed E-state index contributed by atoms with van der Waals surface area (Å²) in [4.78, 5) is 0. The van der Waals surface area contributed by atoms with Gasteiger partial charge < -0.3 is 10.5 Å². The SMILES string of the molecule is Cc1ccc(F)c(C2OCCCC2CN)c1. The van der Waals surface area contributed by atoms with Crippen LogP contribution in [-0.4, -0.2) is 13.2 Å². The van der Waals surface area contributed by atoms with Gasteiger partial charge in [0.05, 0.1) is 6.10 Å². The maximum Gasteiger partial charge on any atom is 0.129 e. The number of aryl methyl sites for hydroxylation is 1. The van der Waals surface area contributed by atoms with Crippen molar-refractivity contribution in [2.45, 2.75) is 25.9 Å². The molecular formula is C13H18FNO. The lowest BCUT2D eigenvalue weighted by atomic mass is 9.89. The van der Waals surface area contributed by atoms with E-state index in [2.05, 4.69) is 0 Å². The summed E-state index contributed by atoms with van der Waals surface area (Å²) in [5.74, 6) is 0.0565. The van der Waals surface area contributed by atoms with Crippen molar-refractivity contribution in [3.8, 4) is 0 Å². The standard InChI is InChI=1S/C13H18FNO/c1-9-4-5-12(14)11(7-9)13-10(8-15)3-2-6-16-13/h4-5,7,10,13H,2-3,6,8,15H2,1H3. The highest BCUT2D eigenvalue weighted by Crippen LogP contribution is 2.34. The largest absolute Gasteiger partial charge is 0.373 e. The van der Waals surface area contributed by atoms with Crippen LogP contribution < -0.4 is 5.73 Å². The van der Waals surface area contributed by atoms with Crippen LogP contribution in [0.4, 0.5) is 4.39 Å². The maximum absolute atomic E-state index is 13.7. The van der Waals surface area contributed by atoms with E-state index < -0.39 is 0 Å². The van der Waals surface area contributed by atoms with Crippen molar-refractivity contribution >= 4 is 0 Å². The van der Waals surface area contributed by atoms with Crippen LogP contribution in [0.15, 0.2) is 18.2 Å². The first-order valence-electron chi connectivity index (χ1n) is 5.80. The summed E-state index contributed by atoms with van der Waals surface area (Å²) >= 11 is 0. The number of hydrogen-bond acceptors (Lipinski definition) is 2. The zero-order chi connectivity index (χ0) is 11.5. The summed E-state index contributed by atoms with van der Waals surface area (Å²) < 4.78 is 19.4. The molecule has 0 amide bonds. The second-order valence-corrected chi connectivity index (χ2v) is 4.45. The molecule has 2 N–H and O–H groups in total. The molecule has 2 nitrogen and oxygen atoms in total. The van der Waals surface area contributed by atoms with Crippen LogP contribution in [0.5, 0.6) is 0 Å². The first-order valence-corrected chi connectivity index (χ1v) is 5.80. The van der Waals surface area contributed by atoms with Crippen molar-refractivity contribution in [1.29, 1.82) is 0 Å². The van der Waals surface area contributed by atoms with E-state index in [4.69, 9.17) is 10.5 Å². The average molecular weight is 223 g/mol. The Morgan fingerprint density at radius 3 is 3.06 bits per heavy atom. The van der Waals surface area contributed by atoms with Crippen molar-refractivity contribution < 1.29 is 9.13 Å². The van der Waals surface area contributed by atoms with E-state index in [0.717, 1.165) is 18.4 Å². The monoisotopic (exact) mass is 223 g/mol. The van der Waals surface area contributed by atoms with Gasteiger partial charge in [0.1, 0.15) is 5.82 Å². The molecule has 0 radical (unpaired) electrons. The molecule has 0 bridgehead atoms. The Balaban J connectivity index is 2.30. The summed E-state index contributed by atoms with van der Waals surface area (Å²) in [6.45, 7) is 3.22. The van der Waals surface area contributed by atoms with Gasteiger partial charge in [0.25, 0.3) is 0 Å². The summed E-state index contributed by atoms with van der Waals surface area (Å²) in [6, 6.07) is 5.16. The third-order valence-corrected chi connectivity index (χ3v) is 3.21. The third-order valence-electron chi connectivity index (χ3n) is 3.21. The molecule has 1 saturated heterocycles. The summed E-state index contributed by atoms with van der Waals surface area (Å²) in [7, 11) is 0. The van der Waals surface area contributed by atoms with Crippen LogP contribution >= 0.6 is 0 Å². The van der Waals surface area contributed by atoms with Gasteiger partial charge in [-0.3, -0.25) is 0 Å². The molecule has 0 saturated carbocycles. The lowest BCUT2D eigenvalue weighted by Gasteiger charge is -2.31. The van der Waals surface area contributed by atoms with Crippen molar-refractivity contribution in [2.24, 2.45) is 11.7 Å². The highest BCUT2D eigenvalue weighted by Gasteiger charge is 2.28. The van der Waals surface area contributed by atoms with E-state index in [9.17, 15) is 4.39 Å². The number of ether oxygens (including phenoxy) is 1. The molecule has 1 fully saturated rings. The van der Waals surface area contributed by atoms with Crippen molar-refractivity contribution in [3.05, 3.63) is 35.1 Å². The molecular weight excluding hydrogens is 205 g/mol. The average Bonchev–Trinajstić information content (AvgIpc) is 2.32. The predicted molar refractivity (Wildman–Crippen MR) is 61.6 cm³/mol. The lowest BCUT2D eigenvalue weighted by Crippen LogP contribution is -2.29. The third kappa shape index (κ3) is 2.25. The normalized spacial score (nSPS) is 25.7. The van der Waals surface area contributed by atoms with Crippen LogP contribution in [0, 0.1) is 18.7 Å². The Labute approximate surface area is 95.6 Å². The Hall–Kier alpha value is -0.930. The Kier molecular flexibility index (Phi) is 3.56. The minimum absolute atomic E-state index is 0.168. The van der Waals surface area contributed by atoms with E-state index in [1.807, 2.05) is 13.0 Å². The molecule has 1 aliphatic rings. The summed E-state index contributed by atoms with van der Waals surface area (Å²) in [5.41, 5.74) is 7.44. The van der Waals surface area contributed by atoms with E-state index in [1.54, 1.807) is 6.07 Å². The van der Waals surface area contributed by atoms with E-state index in [1.165, 1.54) is 6.07 Å². The van der Waals surface area contributed by atoms with E-state index in [-0.39, 0.29) is 17.8 Å². The number of nitrogens with two attached hydrogens (primary N) is 1. The lowest BCUT2D eigenvalue weighted by molar-refractivity contribution is -0.0271. The quantitative estimate of drug-likeness (QED) is 0.836. The summed E-state index contributed by atoms with van der Waals surface area (Å²) in [5, 5.41) is 0. The fourth-order valence-electron chi connectivity index (χ4n) is 2.31. The Morgan fingerprint density at radius 2 is 2.31 bits per heavy atom. The van der Waals surface area contributed by atoms with Crippen molar-refractivity contribution in [2.75, 3.05) is 13.2 Å². The molecule has 1 heterocycles. The van der Waals surface area contributed by atoms with Crippen LogP contribution in [0.2, 0.25) is 0 Å². The minimum atomic E-state index is -0.184. The topological polar surface area (TPSA) is 35.2 Å². The van der Waals surface area contributed by atoms with Crippen LogP contribution in [-0.2, 0) is 4.74 Å². The molecule has 0 spiro atoms. The van der Waals surface area contributed by atoms with Gasteiger partial charge in [-0.05, 0) is 32.4 Å². The zero-order valence-electron chi connectivity index (χ0n) is 9.58. The first-order chi connectivity index (χ1) is 7.72. The number of halogens is 1. The molecule has 0 aliphatic carbocycles. The Morgan fingerprint density at radius 1 is 1.50 bits per heavy atom. The number of benzene rings is 1. The second kappa shape index (κ2) is 4.93. The smallest absolute Gasteiger partial charge is 0.129 e. The van der Waals surface area contributed by atoms with E-state index >= 15 is 0 Å². The number of hydrogen-bond donors (Lipinski definition) is 1. The van der Waals surface area contributed by atoms with Crippen molar-refractivity contribution in [3.63, 3.8) is 0 Å². The molecule has 2 atom stereocenters. The van der Waals surface area contributed by atoms with Gasteiger partial charge in [-0.25, -0.2) is 4.39 Å². The molecule has 2 unspecified atom stereocenters. The molecule has 16 heavy (non-hydrogen) atoms. The molecule has 1 aromatic carbocycles. The molecule has 88 valence electrons. The predicted octanol–water partition coefficient (Wildman–Crippen LogP) is 2.56. The summed E-state index contributed by atoms with van der Waals surface area (Å²) in [6.07, 6.45) is 1.87. The van der Waals surface area contributed by atoms with E-state index in [0.29, 0.717) is 18.7 Å². The molecule has 1 aromatic rings. The van der Waals surface area contributed by atoms with Gasteiger partial charge in [-0.2, -0.15) is 0 Å². The van der Waals surface area contributed by atoms with Crippen LogP contribution in [0.1, 0.15) is 30.1 Å². The molecule has 1 aliphatic heterocycles. The van der Waals surface area contributed by atoms with Gasteiger partial charge in [-0.1, -0.05) is 17.7 Å². The second-order valence-electron chi connectivity index (χ2n) is 4.45. The van der Waals surface area contributed by atoms with Gasteiger partial charge in [0, 0.05) is 18.1 Å². The molecule has 2 rings (SSSR count). The Bertz CT molecular complexity index is 367.